The Bertz CT molecular complexity index is 587. The van der Waals surface area contributed by atoms with Crippen LogP contribution < -0.4 is 10.6 Å². The van der Waals surface area contributed by atoms with Gasteiger partial charge in [0.1, 0.15) is 0 Å². The highest BCUT2D eigenvalue weighted by atomic mass is 79.9. The normalized spacial score (nSPS) is 21.3. The summed E-state index contributed by atoms with van der Waals surface area (Å²) >= 11 is 3.50. The van der Waals surface area contributed by atoms with Crippen LogP contribution in [0.4, 0.5) is 5.69 Å². The average Bonchev–Trinajstić information content (AvgIpc) is 2.32. The van der Waals surface area contributed by atoms with E-state index >= 15 is 0 Å². The number of nitrogens with zero attached hydrogens (tertiary/aromatic N) is 1. The van der Waals surface area contributed by atoms with Crippen molar-refractivity contribution in [3.63, 3.8) is 0 Å². The number of anilines is 1. The summed E-state index contributed by atoms with van der Waals surface area (Å²) in [5.74, 6) is 0. The molecule has 1 aliphatic heterocycles. The molecular weight excluding hydrogens is 328 g/mol. The maximum Gasteiger partial charge on any atom is 0.184 e. The van der Waals surface area contributed by atoms with Crippen LogP contribution in [0.2, 0.25) is 0 Å². The van der Waals surface area contributed by atoms with E-state index in [1.807, 2.05) is 13.0 Å². The number of rotatable bonds is 3. The summed E-state index contributed by atoms with van der Waals surface area (Å²) in [4.78, 5) is 2.56. The summed E-state index contributed by atoms with van der Waals surface area (Å²) in [6, 6.07) is 3.72. The van der Waals surface area contributed by atoms with E-state index in [0.29, 0.717) is 18.0 Å². The van der Waals surface area contributed by atoms with Gasteiger partial charge in [-0.1, -0.05) is 0 Å². The fourth-order valence-corrected chi connectivity index (χ4v) is 5.05. The second-order valence-electron chi connectivity index (χ2n) is 5.04. The monoisotopic (exact) mass is 346 g/mol. The third-order valence-electron chi connectivity index (χ3n) is 3.43. The zero-order chi connectivity index (χ0) is 14.2. The molecular formula is C13H19BrN2O2S. The first kappa shape index (κ1) is 14.8. The van der Waals surface area contributed by atoms with Gasteiger partial charge in [0.05, 0.1) is 15.8 Å². The molecule has 106 valence electrons. The quantitative estimate of drug-likeness (QED) is 0.910. The Morgan fingerprint density at radius 1 is 1.47 bits per heavy atom. The molecule has 2 N–H and O–H groups in total. The molecule has 0 amide bonds. The van der Waals surface area contributed by atoms with Gasteiger partial charge >= 0.3 is 0 Å². The van der Waals surface area contributed by atoms with Crippen LogP contribution in [-0.2, 0) is 9.84 Å². The standard InChI is InChI=1S/C13H19BrN2O2S/c1-9-6-11(14)13-12(7-9)19(17,18)10(2)8-16(13)5-3-4-15/h6-7,10H,3-5,8,15H2,1-2H3. The van der Waals surface area contributed by atoms with Gasteiger partial charge in [-0.25, -0.2) is 8.42 Å². The zero-order valence-electron chi connectivity index (χ0n) is 11.2. The number of hydrogen-bond acceptors (Lipinski definition) is 4. The fraction of sp³-hybridized carbons (Fsp3) is 0.538. The smallest absolute Gasteiger partial charge is 0.184 e. The molecule has 2 rings (SSSR count). The molecule has 0 saturated carbocycles. The number of nitrogens with two attached hydrogens (primary N) is 1. The van der Waals surface area contributed by atoms with E-state index in [1.165, 1.54) is 0 Å². The van der Waals surface area contributed by atoms with Gasteiger partial charge in [-0.15, -0.1) is 0 Å². The van der Waals surface area contributed by atoms with Gasteiger partial charge in [-0.3, -0.25) is 0 Å². The molecule has 1 atom stereocenters. The average molecular weight is 347 g/mol. The first-order valence-corrected chi connectivity index (χ1v) is 8.71. The SMILES string of the molecule is Cc1cc(Br)c2c(c1)S(=O)(=O)C(C)CN2CCCN. The van der Waals surface area contributed by atoms with Crippen LogP contribution in [0.25, 0.3) is 0 Å². The van der Waals surface area contributed by atoms with Gasteiger partial charge < -0.3 is 10.6 Å². The Morgan fingerprint density at radius 2 is 2.16 bits per heavy atom. The van der Waals surface area contributed by atoms with Crippen LogP contribution in [0.1, 0.15) is 18.9 Å². The van der Waals surface area contributed by atoms with Crippen LogP contribution in [0, 0.1) is 6.92 Å². The van der Waals surface area contributed by atoms with Crippen LogP contribution in [0.15, 0.2) is 21.5 Å². The highest BCUT2D eigenvalue weighted by molar-refractivity contribution is 9.10. The lowest BCUT2D eigenvalue weighted by molar-refractivity contribution is 0.570. The molecule has 1 unspecified atom stereocenters. The number of hydrogen-bond donors (Lipinski definition) is 1. The van der Waals surface area contributed by atoms with E-state index in [2.05, 4.69) is 20.8 Å². The highest BCUT2D eigenvalue weighted by Gasteiger charge is 2.35. The second-order valence-corrected chi connectivity index (χ2v) is 8.23. The lowest BCUT2D eigenvalue weighted by Crippen LogP contribution is -2.42. The summed E-state index contributed by atoms with van der Waals surface area (Å²) in [7, 11) is -3.23. The summed E-state index contributed by atoms with van der Waals surface area (Å²) in [6.45, 7) is 5.59. The molecule has 1 aliphatic rings. The van der Waals surface area contributed by atoms with Gasteiger partial charge in [-0.05, 0) is 60.4 Å². The van der Waals surface area contributed by atoms with E-state index in [0.717, 1.165) is 28.7 Å². The van der Waals surface area contributed by atoms with Gasteiger partial charge in [0, 0.05) is 17.6 Å². The summed E-state index contributed by atoms with van der Waals surface area (Å²) in [5, 5.41) is -0.383. The maximum atomic E-state index is 12.5. The van der Waals surface area contributed by atoms with E-state index in [1.54, 1.807) is 13.0 Å². The predicted molar refractivity (Wildman–Crippen MR) is 81.4 cm³/mol. The minimum absolute atomic E-state index is 0.383. The van der Waals surface area contributed by atoms with Crippen molar-refractivity contribution < 1.29 is 8.42 Å². The summed E-state index contributed by atoms with van der Waals surface area (Å²) in [5.41, 5.74) is 7.29. The number of halogens is 1. The molecule has 19 heavy (non-hydrogen) atoms. The molecule has 1 aromatic rings. The van der Waals surface area contributed by atoms with E-state index in [4.69, 9.17) is 5.73 Å². The Kier molecular flexibility index (Phi) is 4.23. The lowest BCUT2D eigenvalue weighted by atomic mass is 10.2. The van der Waals surface area contributed by atoms with Crippen molar-refractivity contribution >= 4 is 31.5 Å². The fourth-order valence-electron chi connectivity index (χ4n) is 2.43. The molecule has 0 fully saturated rings. The van der Waals surface area contributed by atoms with Crippen molar-refractivity contribution in [3.05, 3.63) is 22.2 Å². The lowest BCUT2D eigenvalue weighted by Gasteiger charge is -2.35. The largest absolute Gasteiger partial charge is 0.368 e. The molecule has 0 radical (unpaired) electrons. The van der Waals surface area contributed by atoms with E-state index in [-0.39, 0.29) is 5.25 Å². The van der Waals surface area contributed by atoms with Crippen molar-refractivity contribution in [2.45, 2.75) is 30.4 Å². The van der Waals surface area contributed by atoms with Crippen LogP contribution >= 0.6 is 15.9 Å². The Morgan fingerprint density at radius 3 is 2.79 bits per heavy atom. The minimum atomic E-state index is -3.23. The van der Waals surface area contributed by atoms with Gasteiger partial charge in [-0.2, -0.15) is 0 Å². The number of fused-ring (bicyclic) bond motifs is 1. The molecule has 0 bridgehead atoms. The van der Waals surface area contributed by atoms with Crippen molar-refractivity contribution in [1.82, 2.24) is 0 Å². The molecule has 0 aliphatic carbocycles. The Balaban J connectivity index is 2.58. The third-order valence-corrected chi connectivity index (χ3v) is 6.17. The second kappa shape index (κ2) is 5.42. The zero-order valence-corrected chi connectivity index (χ0v) is 13.6. The van der Waals surface area contributed by atoms with E-state index < -0.39 is 9.84 Å². The molecule has 6 heteroatoms. The maximum absolute atomic E-state index is 12.5. The molecule has 0 aromatic heterocycles. The third kappa shape index (κ3) is 2.66. The highest BCUT2D eigenvalue weighted by Crippen LogP contribution is 2.40. The topological polar surface area (TPSA) is 63.4 Å². The van der Waals surface area contributed by atoms with Crippen molar-refractivity contribution in [3.8, 4) is 0 Å². The molecule has 1 heterocycles. The number of sulfone groups is 1. The van der Waals surface area contributed by atoms with Crippen molar-refractivity contribution in [1.29, 1.82) is 0 Å². The summed E-state index contributed by atoms with van der Waals surface area (Å²) in [6.07, 6.45) is 0.854. The summed E-state index contributed by atoms with van der Waals surface area (Å²) < 4.78 is 25.8. The number of benzene rings is 1. The van der Waals surface area contributed by atoms with Crippen LogP contribution in [-0.4, -0.2) is 33.3 Å². The minimum Gasteiger partial charge on any atom is -0.368 e. The van der Waals surface area contributed by atoms with E-state index in [9.17, 15) is 8.42 Å². The van der Waals surface area contributed by atoms with Crippen molar-refractivity contribution in [2.24, 2.45) is 5.73 Å². The van der Waals surface area contributed by atoms with Crippen LogP contribution in [0.3, 0.4) is 0 Å². The first-order chi connectivity index (χ1) is 8.87. The predicted octanol–water partition coefficient (Wildman–Crippen LogP) is 2.09. The Hall–Kier alpha value is -0.590. The Labute approximate surface area is 123 Å². The van der Waals surface area contributed by atoms with Crippen LogP contribution in [0.5, 0.6) is 0 Å². The number of aryl methyl sites for hydroxylation is 1. The van der Waals surface area contributed by atoms with Gasteiger partial charge in [0.25, 0.3) is 0 Å². The van der Waals surface area contributed by atoms with Gasteiger partial charge in [0.15, 0.2) is 9.84 Å². The molecule has 0 spiro atoms. The molecule has 0 saturated heterocycles. The first-order valence-electron chi connectivity index (χ1n) is 6.37. The molecule has 1 aromatic carbocycles. The molecule has 4 nitrogen and oxygen atoms in total. The van der Waals surface area contributed by atoms with Gasteiger partial charge in [0.2, 0.25) is 0 Å². The van der Waals surface area contributed by atoms with Crippen molar-refractivity contribution in [2.75, 3.05) is 24.5 Å².